The second kappa shape index (κ2) is 2.62. The summed E-state index contributed by atoms with van der Waals surface area (Å²) in [6, 6.07) is 0.530. The molecule has 10 heavy (non-hydrogen) atoms. The van der Waals surface area contributed by atoms with Gasteiger partial charge in [0, 0.05) is 18.8 Å². The molecule has 0 amide bonds. The smallest absolute Gasteiger partial charge is 0.0639 e. The van der Waals surface area contributed by atoms with E-state index in [1.165, 1.54) is 18.5 Å². The van der Waals surface area contributed by atoms with Gasteiger partial charge in [-0.05, 0) is 19.3 Å². The van der Waals surface area contributed by atoms with Crippen molar-refractivity contribution in [2.45, 2.75) is 25.3 Å². The van der Waals surface area contributed by atoms with E-state index >= 15 is 0 Å². The molecule has 2 nitrogen and oxygen atoms in total. The maximum absolute atomic E-state index is 4.52. The van der Waals surface area contributed by atoms with Gasteiger partial charge in [-0.3, -0.25) is 0 Å². The van der Waals surface area contributed by atoms with E-state index < -0.39 is 0 Å². The third-order valence-electron chi connectivity index (χ3n) is 2.19. The molecule has 1 unspecified atom stereocenters. The average Bonchev–Trinajstić information content (AvgIpc) is 2.05. The molecule has 0 spiro atoms. The quantitative estimate of drug-likeness (QED) is 0.520. The van der Waals surface area contributed by atoms with Crippen LogP contribution in [0.3, 0.4) is 0 Å². The van der Waals surface area contributed by atoms with Gasteiger partial charge in [-0.15, -0.1) is 0 Å². The maximum atomic E-state index is 4.52. The third-order valence-corrected chi connectivity index (χ3v) is 2.19. The molecule has 0 aromatic rings. The normalized spacial score (nSPS) is 32.0. The Morgan fingerprint density at radius 2 is 2.60 bits per heavy atom. The number of piperidine rings is 1. The fourth-order valence-corrected chi connectivity index (χ4v) is 1.65. The molecule has 55 valence electrons. The van der Waals surface area contributed by atoms with Crippen LogP contribution in [-0.4, -0.2) is 19.1 Å². The summed E-state index contributed by atoms with van der Waals surface area (Å²) < 4.78 is 0. The van der Waals surface area contributed by atoms with Crippen LogP contribution in [0.1, 0.15) is 19.3 Å². The van der Waals surface area contributed by atoms with Crippen LogP contribution in [0.15, 0.2) is 11.8 Å². The first-order valence-corrected chi connectivity index (χ1v) is 4.07. The van der Waals surface area contributed by atoms with Crippen LogP contribution in [0.4, 0.5) is 0 Å². The lowest BCUT2D eigenvalue weighted by Crippen LogP contribution is -2.39. The highest BCUT2D eigenvalue weighted by Crippen LogP contribution is 2.16. The minimum absolute atomic E-state index is 0.530. The molecule has 2 heterocycles. The molecule has 1 N–H and O–H groups in total. The highest BCUT2D eigenvalue weighted by molar-refractivity contribution is 5.13. The number of hydrogen-bond donors (Lipinski definition) is 1. The van der Waals surface area contributed by atoms with Crippen molar-refractivity contribution in [1.82, 2.24) is 10.6 Å². The Labute approximate surface area is 61.7 Å². The lowest BCUT2D eigenvalue weighted by molar-refractivity contribution is 0.424. The molecule has 2 aliphatic heterocycles. The zero-order valence-corrected chi connectivity index (χ0v) is 6.14. The Morgan fingerprint density at radius 1 is 1.60 bits per heavy atom. The van der Waals surface area contributed by atoms with Gasteiger partial charge in [-0.25, -0.2) is 5.32 Å². The van der Waals surface area contributed by atoms with Crippen LogP contribution in [-0.2, 0) is 0 Å². The van der Waals surface area contributed by atoms with Gasteiger partial charge in [0.1, 0.15) is 0 Å². The van der Waals surface area contributed by atoms with E-state index in [-0.39, 0.29) is 0 Å². The predicted octanol–water partition coefficient (Wildman–Crippen LogP) is 0.630. The summed E-state index contributed by atoms with van der Waals surface area (Å²) in [6.45, 7) is 2.19. The van der Waals surface area contributed by atoms with Gasteiger partial charge in [-0.1, -0.05) is 6.08 Å². The van der Waals surface area contributed by atoms with E-state index in [4.69, 9.17) is 0 Å². The molecule has 2 aliphatic rings. The number of fused-ring (bicyclic) bond motifs is 1. The molecule has 1 radical (unpaired) electrons. The minimum Gasteiger partial charge on any atom is -0.387 e. The summed E-state index contributed by atoms with van der Waals surface area (Å²) in [7, 11) is 0. The minimum atomic E-state index is 0.530. The summed E-state index contributed by atoms with van der Waals surface area (Å²) >= 11 is 0. The van der Waals surface area contributed by atoms with Crippen LogP contribution in [0.5, 0.6) is 0 Å². The second-order valence-electron chi connectivity index (χ2n) is 2.94. The molecule has 1 saturated heterocycles. The Bertz CT molecular complexity index is 151. The van der Waals surface area contributed by atoms with Crippen molar-refractivity contribution in [3.63, 3.8) is 0 Å². The van der Waals surface area contributed by atoms with Crippen LogP contribution in [0, 0.1) is 0 Å². The van der Waals surface area contributed by atoms with Gasteiger partial charge < -0.3 is 5.32 Å². The summed E-state index contributed by atoms with van der Waals surface area (Å²) in [4.78, 5) is 0. The Hall–Kier alpha value is -0.500. The van der Waals surface area contributed by atoms with E-state index in [2.05, 4.69) is 16.7 Å². The molecule has 0 aromatic carbocycles. The summed E-state index contributed by atoms with van der Waals surface area (Å²) in [5.41, 5.74) is 1.39. The van der Waals surface area contributed by atoms with E-state index in [1.54, 1.807) is 0 Å². The zero-order valence-electron chi connectivity index (χ0n) is 6.14. The van der Waals surface area contributed by atoms with Crippen molar-refractivity contribution in [2.75, 3.05) is 13.1 Å². The molecular formula is C8H13N2. The van der Waals surface area contributed by atoms with Crippen molar-refractivity contribution >= 4 is 0 Å². The van der Waals surface area contributed by atoms with Crippen molar-refractivity contribution in [2.24, 2.45) is 0 Å². The van der Waals surface area contributed by atoms with Crippen LogP contribution >= 0.6 is 0 Å². The SMILES string of the molecule is C1=C2NCCCC2[N]CC1. The Morgan fingerprint density at radius 3 is 3.50 bits per heavy atom. The summed E-state index contributed by atoms with van der Waals surface area (Å²) in [6.07, 6.45) is 5.99. The molecular weight excluding hydrogens is 124 g/mol. The van der Waals surface area contributed by atoms with Crippen molar-refractivity contribution < 1.29 is 0 Å². The van der Waals surface area contributed by atoms with E-state index in [0.717, 1.165) is 19.5 Å². The standard InChI is InChI=1S/C8H13N2/c1-3-7-8(9-5-1)4-2-6-10-7/h3,8,10H,1-2,4-6H2. The first-order chi connectivity index (χ1) is 4.97. The number of nitrogens with zero attached hydrogens (tertiary/aromatic N) is 1. The molecule has 0 bridgehead atoms. The van der Waals surface area contributed by atoms with E-state index in [1.807, 2.05) is 0 Å². The third kappa shape index (κ3) is 1.03. The van der Waals surface area contributed by atoms with Gasteiger partial charge in [0.25, 0.3) is 0 Å². The van der Waals surface area contributed by atoms with Gasteiger partial charge in [0.05, 0.1) is 6.04 Å². The van der Waals surface area contributed by atoms with Crippen molar-refractivity contribution in [3.8, 4) is 0 Å². The fourth-order valence-electron chi connectivity index (χ4n) is 1.65. The highest BCUT2D eigenvalue weighted by Gasteiger charge is 2.20. The highest BCUT2D eigenvalue weighted by atomic mass is 15.0. The maximum Gasteiger partial charge on any atom is 0.0639 e. The first kappa shape index (κ1) is 6.23. The van der Waals surface area contributed by atoms with E-state index in [9.17, 15) is 0 Å². The Kier molecular flexibility index (Phi) is 1.63. The lowest BCUT2D eigenvalue weighted by Gasteiger charge is -2.29. The zero-order chi connectivity index (χ0) is 6.81. The molecule has 2 rings (SSSR count). The molecule has 0 aliphatic carbocycles. The first-order valence-electron chi connectivity index (χ1n) is 4.07. The van der Waals surface area contributed by atoms with Crippen LogP contribution in [0.2, 0.25) is 0 Å². The van der Waals surface area contributed by atoms with Gasteiger partial charge >= 0.3 is 0 Å². The van der Waals surface area contributed by atoms with Crippen molar-refractivity contribution in [1.29, 1.82) is 0 Å². The monoisotopic (exact) mass is 137 g/mol. The fraction of sp³-hybridized carbons (Fsp3) is 0.750. The number of rotatable bonds is 0. The topological polar surface area (TPSA) is 26.1 Å². The molecule has 0 aromatic heterocycles. The van der Waals surface area contributed by atoms with Gasteiger partial charge in [0.15, 0.2) is 0 Å². The van der Waals surface area contributed by atoms with Gasteiger partial charge in [0.2, 0.25) is 0 Å². The summed E-state index contributed by atoms with van der Waals surface area (Å²) in [5.74, 6) is 0. The van der Waals surface area contributed by atoms with Crippen LogP contribution in [0.25, 0.3) is 0 Å². The number of hydrogen-bond acceptors (Lipinski definition) is 1. The van der Waals surface area contributed by atoms with Crippen LogP contribution < -0.4 is 10.6 Å². The van der Waals surface area contributed by atoms with Crippen molar-refractivity contribution in [3.05, 3.63) is 11.8 Å². The lowest BCUT2D eigenvalue weighted by atomic mass is 10.00. The molecule has 2 heteroatoms. The van der Waals surface area contributed by atoms with E-state index in [0.29, 0.717) is 6.04 Å². The summed E-state index contributed by atoms with van der Waals surface area (Å²) in [5, 5.41) is 7.91. The average molecular weight is 137 g/mol. The largest absolute Gasteiger partial charge is 0.387 e. The molecule has 0 saturated carbocycles. The predicted molar refractivity (Wildman–Crippen MR) is 40.7 cm³/mol. The Balaban J connectivity index is 2.08. The second-order valence-corrected chi connectivity index (χ2v) is 2.94. The number of nitrogens with one attached hydrogen (secondary N) is 1. The molecule has 1 fully saturated rings. The molecule has 1 atom stereocenters. The van der Waals surface area contributed by atoms with Gasteiger partial charge in [-0.2, -0.15) is 0 Å².